The van der Waals surface area contributed by atoms with E-state index in [1.54, 1.807) is 4.40 Å². The SMILES string of the molecule is Cc1cc(C)c2nc3sc(=Cc4c(C)[nH]c5ccccc45)c(=O)n3c2c1. The Hall–Kier alpha value is -2.92. The van der Waals surface area contributed by atoms with E-state index in [4.69, 9.17) is 4.98 Å². The molecule has 0 aliphatic heterocycles. The van der Waals surface area contributed by atoms with Crippen LogP contribution < -0.4 is 10.1 Å². The second-order valence-corrected chi connectivity index (χ2v) is 7.81. The van der Waals surface area contributed by atoms with Crippen LogP contribution in [-0.2, 0) is 0 Å². The molecule has 0 aliphatic rings. The number of fused-ring (bicyclic) bond motifs is 4. The van der Waals surface area contributed by atoms with Gasteiger partial charge in [0, 0.05) is 22.2 Å². The summed E-state index contributed by atoms with van der Waals surface area (Å²) in [6.45, 7) is 6.13. The molecule has 5 rings (SSSR count). The van der Waals surface area contributed by atoms with E-state index in [1.807, 2.05) is 45.0 Å². The van der Waals surface area contributed by atoms with E-state index in [1.165, 1.54) is 11.3 Å². The smallest absolute Gasteiger partial charge is 0.274 e. The summed E-state index contributed by atoms with van der Waals surface area (Å²) in [6.07, 6.45) is 1.99. The Labute approximate surface area is 153 Å². The van der Waals surface area contributed by atoms with Crippen LogP contribution in [0.5, 0.6) is 0 Å². The van der Waals surface area contributed by atoms with Gasteiger partial charge in [-0.15, -0.1) is 0 Å². The minimum absolute atomic E-state index is 0.00202. The normalized spacial score (nSPS) is 12.8. The predicted molar refractivity (Wildman–Crippen MR) is 108 cm³/mol. The standard InChI is InChI=1S/C21H17N3OS/c1-11-8-12(2)19-17(9-11)24-20(25)18(26-21(24)23-19)10-15-13(3)22-16-7-5-4-6-14(15)16/h4-10,22H,1-3H3. The molecular formula is C21H17N3OS. The number of nitrogens with zero attached hydrogens (tertiary/aromatic N) is 2. The van der Waals surface area contributed by atoms with Crippen LogP contribution in [0.1, 0.15) is 22.4 Å². The lowest BCUT2D eigenvalue weighted by molar-refractivity contribution is 1.18. The highest BCUT2D eigenvalue weighted by molar-refractivity contribution is 7.15. The lowest BCUT2D eigenvalue weighted by atomic mass is 10.1. The minimum atomic E-state index is 0.00202. The van der Waals surface area contributed by atoms with Gasteiger partial charge in [-0.25, -0.2) is 9.38 Å². The van der Waals surface area contributed by atoms with Crippen LogP contribution in [0.4, 0.5) is 0 Å². The Morgan fingerprint density at radius 1 is 1.15 bits per heavy atom. The maximum absolute atomic E-state index is 13.1. The highest BCUT2D eigenvalue weighted by Gasteiger charge is 2.14. The molecule has 0 amide bonds. The molecular weight excluding hydrogens is 342 g/mol. The number of aromatic amines is 1. The van der Waals surface area contributed by atoms with Crippen molar-refractivity contribution in [2.45, 2.75) is 20.8 Å². The molecule has 0 bridgehead atoms. The zero-order valence-electron chi connectivity index (χ0n) is 14.8. The van der Waals surface area contributed by atoms with Gasteiger partial charge in [0.15, 0.2) is 4.96 Å². The number of benzene rings is 2. The van der Waals surface area contributed by atoms with Crippen molar-refractivity contribution in [1.82, 2.24) is 14.4 Å². The molecule has 0 radical (unpaired) electrons. The van der Waals surface area contributed by atoms with Crippen molar-refractivity contribution in [2.24, 2.45) is 0 Å². The van der Waals surface area contributed by atoms with Crippen LogP contribution >= 0.6 is 11.3 Å². The van der Waals surface area contributed by atoms with Crippen LogP contribution in [0.15, 0.2) is 41.2 Å². The van der Waals surface area contributed by atoms with Gasteiger partial charge in [0.05, 0.1) is 15.6 Å². The molecule has 128 valence electrons. The monoisotopic (exact) mass is 359 g/mol. The fraction of sp³-hybridized carbons (Fsp3) is 0.143. The third-order valence-corrected chi connectivity index (χ3v) is 5.87. The third kappa shape index (κ3) is 2.07. The molecule has 0 spiro atoms. The van der Waals surface area contributed by atoms with Crippen molar-refractivity contribution in [2.75, 3.05) is 0 Å². The topological polar surface area (TPSA) is 50.2 Å². The summed E-state index contributed by atoms with van der Waals surface area (Å²) in [6, 6.07) is 12.3. The molecule has 0 atom stereocenters. The van der Waals surface area contributed by atoms with Gasteiger partial charge in [-0.3, -0.25) is 4.79 Å². The molecule has 1 N–H and O–H groups in total. The van der Waals surface area contributed by atoms with Crippen LogP contribution in [-0.4, -0.2) is 14.4 Å². The minimum Gasteiger partial charge on any atom is -0.358 e. The Morgan fingerprint density at radius 3 is 2.81 bits per heavy atom. The van der Waals surface area contributed by atoms with Crippen LogP contribution in [0, 0.1) is 20.8 Å². The van der Waals surface area contributed by atoms with Gasteiger partial charge >= 0.3 is 0 Å². The van der Waals surface area contributed by atoms with E-state index in [0.717, 1.165) is 49.3 Å². The van der Waals surface area contributed by atoms with E-state index in [9.17, 15) is 4.79 Å². The number of H-pyrrole nitrogens is 1. The van der Waals surface area contributed by atoms with Gasteiger partial charge < -0.3 is 4.98 Å². The molecule has 5 heteroatoms. The fourth-order valence-electron chi connectivity index (χ4n) is 3.73. The molecule has 0 unspecified atom stereocenters. The van der Waals surface area contributed by atoms with Gasteiger partial charge in [-0.2, -0.15) is 0 Å². The van der Waals surface area contributed by atoms with E-state index >= 15 is 0 Å². The van der Waals surface area contributed by atoms with Crippen LogP contribution in [0.2, 0.25) is 0 Å². The lowest BCUT2D eigenvalue weighted by Gasteiger charge is -1.97. The molecule has 0 aliphatic carbocycles. The van der Waals surface area contributed by atoms with Gasteiger partial charge in [-0.1, -0.05) is 35.6 Å². The summed E-state index contributed by atoms with van der Waals surface area (Å²) >= 11 is 1.45. The first-order valence-corrected chi connectivity index (χ1v) is 9.36. The van der Waals surface area contributed by atoms with Crippen molar-refractivity contribution < 1.29 is 0 Å². The summed E-state index contributed by atoms with van der Waals surface area (Å²) in [4.78, 5) is 21.9. The zero-order chi connectivity index (χ0) is 18.0. The molecule has 3 aromatic heterocycles. The highest BCUT2D eigenvalue weighted by atomic mass is 32.1. The first-order valence-electron chi connectivity index (χ1n) is 8.54. The summed E-state index contributed by atoms with van der Waals surface area (Å²) in [5, 5.41) is 1.13. The van der Waals surface area contributed by atoms with Crippen molar-refractivity contribution in [3.63, 3.8) is 0 Å². The molecule has 3 heterocycles. The Balaban J connectivity index is 1.85. The van der Waals surface area contributed by atoms with E-state index in [2.05, 4.69) is 23.2 Å². The molecule has 0 fully saturated rings. The van der Waals surface area contributed by atoms with Crippen LogP contribution in [0.25, 0.3) is 33.0 Å². The van der Waals surface area contributed by atoms with Gasteiger partial charge in [0.2, 0.25) is 0 Å². The highest BCUT2D eigenvalue weighted by Crippen LogP contribution is 2.24. The van der Waals surface area contributed by atoms with E-state index in [0.29, 0.717) is 4.53 Å². The number of hydrogen-bond donors (Lipinski definition) is 1. The number of aryl methyl sites for hydroxylation is 3. The van der Waals surface area contributed by atoms with E-state index in [-0.39, 0.29) is 5.56 Å². The average Bonchev–Trinajstić information content (AvgIpc) is 3.21. The zero-order valence-corrected chi connectivity index (χ0v) is 15.6. The second-order valence-electron chi connectivity index (χ2n) is 6.80. The quantitative estimate of drug-likeness (QED) is 0.494. The fourth-order valence-corrected chi connectivity index (χ4v) is 4.69. The van der Waals surface area contributed by atoms with Gasteiger partial charge in [0.1, 0.15) is 0 Å². The van der Waals surface area contributed by atoms with Crippen molar-refractivity contribution in [3.8, 4) is 0 Å². The van der Waals surface area contributed by atoms with Crippen molar-refractivity contribution in [1.29, 1.82) is 0 Å². The lowest BCUT2D eigenvalue weighted by Crippen LogP contribution is -2.22. The first-order chi connectivity index (χ1) is 12.5. The summed E-state index contributed by atoms with van der Waals surface area (Å²) in [5.41, 5.74) is 7.27. The maximum Gasteiger partial charge on any atom is 0.274 e. The average molecular weight is 359 g/mol. The number of imidazole rings is 1. The molecule has 0 saturated carbocycles. The molecule has 2 aromatic carbocycles. The molecule has 5 aromatic rings. The van der Waals surface area contributed by atoms with Gasteiger partial charge in [-0.05, 0) is 50.1 Å². The summed E-state index contributed by atoms with van der Waals surface area (Å²) in [7, 11) is 0. The molecule has 26 heavy (non-hydrogen) atoms. The summed E-state index contributed by atoms with van der Waals surface area (Å²) < 4.78 is 2.46. The third-order valence-electron chi connectivity index (χ3n) is 4.90. The summed E-state index contributed by atoms with van der Waals surface area (Å²) in [5.74, 6) is 0. The Kier molecular flexibility index (Phi) is 3.12. The number of hydrogen-bond acceptors (Lipinski definition) is 3. The van der Waals surface area contributed by atoms with Gasteiger partial charge in [0.25, 0.3) is 5.56 Å². The maximum atomic E-state index is 13.1. The molecule has 4 nitrogen and oxygen atoms in total. The predicted octanol–water partition coefficient (Wildman–Crippen LogP) is 3.86. The largest absolute Gasteiger partial charge is 0.358 e. The number of aromatic nitrogens is 3. The Bertz CT molecular complexity index is 1440. The molecule has 0 saturated heterocycles. The number of thiazole rings is 1. The Morgan fingerprint density at radius 2 is 1.96 bits per heavy atom. The van der Waals surface area contributed by atoms with Crippen molar-refractivity contribution >= 4 is 44.3 Å². The second kappa shape index (κ2) is 5.29. The van der Waals surface area contributed by atoms with Crippen LogP contribution in [0.3, 0.4) is 0 Å². The van der Waals surface area contributed by atoms with Crippen molar-refractivity contribution in [3.05, 3.63) is 73.7 Å². The first kappa shape index (κ1) is 15.3. The number of para-hydroxylation sites is 1. The van der Waals surface area contributed by atoms with E-state index < -0.39 is 0 Å². The number of nitrogens with one attached hydrogen (secondary N) is 1. The number of rotatable bonds is 1.